The third kappa shape index (κ3) is 3.22. The maximum atomic E-state index is 12.1. The van der Waals surface area contributed by atoms with Gasteiger partial charge in [0.25, 0.3) is 5.56 Å². The van der Waals surface area contributed by atoms with Crippen LogP contribution in [0.1, 0.15) is 23.6 Å². The third-order valence-electron chi connectivity index (χ3n) is 3.65. The standard InChI is InChI=1S/C16H17N3O2S/c1-11-2-4-12(5-3-11)9-18-14(20)8-13-10-22-16-17-7-6-15(21)19(13)16/h2-7,13H,8-10H2,1H3,(H,18,20)/t13-/m1/s1. The van der Waals surface area contributed by atoms with Gasteiger partial charge in [-0.1, -0.05) is 41.6 Å². The van der Waals surface area contributed by atoms with Gasteiger partial charge in [0.05, 0.1) is 6.04 Å². The minimum Gasteiger partial charge on any atom is -0.352 e. The van der Waals surface area contributed by atoms with Crippen molar-refractivity contribution >= 4 is 17.7 Å². The van der Waals surface area contributed by atoms with Gasteiger partial charge >= 0.3 is 0 Å². The van der Waals surface area contributed by atoms with Crippen LogP contribution in [-0.4, -0.2) is 21.2 Å². The Labute approximate surface area is 132 Å². The monoisotopic (exact) mass is 315 g/mol. The lowest BCUT2D eigenvalue weighted by atomic mass is 10.1. The van der Waals surface area contributed by atoms with Gasteiger partial charge < -0.3 is 5.32 Å². The topological polar surface area (TPSA) is 64.0 Å². The molecule has 3 rings (SSSR count). The predicted octanol–water partition coefficient (Wildman–Crippen LogP) is 1.91. The molecule has 6 heteroatoms. The molecule has 0 radical (unpaired) electrons. The number of fused-ring (bicyclic) bond motifs is 1. The highest BCUT2D eigenvalue weighted by Gasteiger charge is 2.26. The smallest absolute Gasteiger partial charge is 0.254 e. The van der Waals surface area contributed by atoms with Crippen LogP contribution in [0.5, 0.6) is 0 Å². The number of benzene rings is 1. The van der Waals surface area contributed by atoms with Gasteiger partial charge in [0.15, 0.2) is 5.16 Å². The summed E-state index contributed by atoms with van der Waals surface area (Å²) in [6.45, 7) is 2.54. The number of aromatic nitrogens is 2. The minimum absolute atomic E-state index is 0.0465. The fourth-order valence-electron chi connectivity index (χ4n) is 2.43. The van der Waals surface area contributed by atoms with Gasteiger partial charge in [0.1, 0.15) is 0 Å². The summed E-state index contributed by atoms with van der Waals surface area (Å²) in [5.74, 6) is 0.666. The first-order chi connectivity index (χ1) is 10.6. The number of hydrogen-bond acceptors (Lipinski definition) is 4. The SMILES string of the molecule is Cc1ccc(CNC(=O)C[C@@H]2CSc3nccc(=O)n32)cc1. The van der Waals surface area contributed by atoms with Gasteiger partial charge in [0.2, 0.25) is 5.91 Å². The first kappa shape index (κ1) is 14.8. The molecule has 1 aliphatic heterocycles. The van der Waals surface area contributed by atoms with E-state index in [2.05, 4.69) is 10.3 Å². The highest BCUT2D eigenvalue weighted by atomic mass is 32.2. The Balaban J connectivity index is 1.60. The lowest BCUT2D eigenvalue weighted by Crippen LogP contribution is -2.30. The highest BCUT2D eigenvalue weighted by Crippen LogP contribution is 2.31. The molecule has 1 amide bonds. The largest absolute Gasteiger partial charge is 0.352 e. The molecule has 0 unspecified atom stereocenters. The summed E-state index contributed by atoms with van der Waals surface area (Å²) in [6.07, 6.45) is 1.82. The van der Waals surface area contributed by atoms with Crippen molar-refractivity contribution in [3.63, 3.8) is 0 Å². The van der Waals surface area contributed by atoms with Crippen molar-refractivity contribution in [3.05, 3.63) is 58.0 Å². The van der Waals surface area contributed by atoms with E-state index in [4.69, 9.17) is 0 Å². The zero-order valence-corrected chi connectivity index (χ0v) is 13.1. The first-order valence-corrected chi connectivity index (χ1v) is 8.14. The fraction of sp³-hybridized carbons (Fsp3) is 0.312. The average molecular weight is 315 g/mol. The van der Waals surface area contributed by atoms with Crippen LogP contribution in [0.25, 0.3) is 0 Å². The maximum Gasteiger partial charge on any atom is 0.254 e. The zero-order valence-electron chi connectivity index (χ0n) is 12.3. The molecule has 0 fully saturated rings. The van der Waals surface area contributed by atoms with Crippen molar-refractivity contribution in [2.45, 2.75) is 31.1 Å². The van der Waals surface area contributed by atoms with E-state index < -0.39 is 0 Å². The molecule has 0 aliphatic carbocycles. The van der Waals surface area contributed by atoms with E-state index in [0.29, 0.717) is 23.9 Å². The van der Waals surface area contributed by atoms with Crippen molar-refractivity contribution in [1.82, 2.24) is 14.9 Å². The van der Waals surface area contributed by atoms with Gasteiger partial charge in [-0.25, -0.2) is 4.98 Å². The molecule has 2 aromatic rings. The summed E-state index contributed by atoms with van der Waals surface area (Å²) < 4.78 is 1.62. The maximum absolute atomic E-state index is 12.1. The lowest BCUT2D eigenvalue weighted by Gasteiger charge is -2.13. The normalized spacial score (nSPS) is 16.3. The Morgan fingerprint density at radius 3 is 2.91 bits per heavy atom. The zero-order chi connectivity index (χ0) is 15.5. The van der Waals surface area contributed by atoms with E-state index in [9.17, 15) is 9.59 Å². The van der Waals surface area contributed by atoms with E-state index in [0.717, 1.165) is 5.56 Å². The van der Waals surface area contributed by atoms with Crippen LogP contribution in [0.15, 0.2) is 46.5 Å². The quantitative estimate of drug-likeness (QED) is 0.875. The minimum atomic E-state index is -0.112. The first-order valence-electron chi connectivity index (χ1n) is 7.16. The highest BCUT2D eigenvalue weighted by molar-refractivity contribution is 7.99. The molecule has 1 N–H and O–H groups in total. The summed E-state index contributed by atoms with van der Waals surface area (Å²) in [5.41, 5.74) is 2.17. The van der Waals surface area contributed by atoms with Crippen LogP contribution in [-0.2, 0) is 11.3 Å². The second-order valence-corrected chi connectivity index (χ2v) is 6.35. The van der Waals surface area contributed by atoms with Gasteiger partial charge in [-0.3, -0.25) is 14.2 Å². The Hall–Kier alpha value is -2.08. The number of nitrogens with zero attached hydrogens (tertiary/aromatic N) is 2. The number of aryl methyl sites for hydroxylation is 1. The second kappa shape index (κ2) is 6.36. The van der Waals surface area contributed by atoms with Crippen molar-refractivity contribution in [1.29, 1.82) is 0 Å². The van der Waals surface area contributed by atoms with Crippen LogP contribution in [0, 0.1) is 6.92 Å². The molecular weight excluding hydrogens is 298 g/mol. The fourth-order valence-corrected chi connectivity index (χ4v) is 3.55. The third-order valence-corrected chi connectivity index (χ3v) is 4.76. The molecule has 0 bridgehead atoms. The number of thioether (sulfide) groups is 1. The molecule has 5 nitrogen and oxygen atoms in total. The van der Waals surface area contributed by atoms with E-state index in [1.54, 1.807) is 4.57 Å². The van der Waals surface area contributed by atoms with Crippen molar-refractivity contribution in [2.75, 3.05) is 5.75 Å². The molecule has 1 aromatic carbocycles. The van der Waals surface area contributed by atoms with Crippen LogP contribution in [0.3, 0.4) is 0 Å². The summed E-state index contributed by atoms with van der Waals surface area (Å²) >= 11 is 1.52. The average Bonchev–Trinajstić information content (AvgIpc) is 2.91. The molecule has 2 heterocycles. The number of rotatable bonds is 4. The van der Waals surface area contributed by atoms with Gasteiger partial charge in [-0.05, 0) is 12.5 Å². The Bertz CT molecular complexity index is 740. The van der Waals surface area contributed by atoms with Gasteiger partial charge in [-0.15, -0.1) is 0 Å². The predicted molar refractivity (Wildman–Crippen MR) is 85.9 cm³/mol. The van der Waals surface area contributed by atoms with Crippen molar-refractivity contribution < 1.29 is 4.79 Å². The van der Waals surface area contributed by atoms with E-state index in [1.807, 2.05) is 31.2 Å². The molecule has 1 atom stereocenters. The van der Waals surface area contributed by atoms with Crippen LogP contribution in [0.4, 0.5) is 0 Å². The molecular formula is C16H17N3O2S. The van der Waals surface area contributed by atoms with E-state index >= 15 is 0 Å². The van der Waals surface area contributed by atoms with Crippen molar-refractivity contribution in [3.8, 4) is 0 Å². The summed E-state index contributed by atoms with van der Waals surface area (Å²) in [7, 11) is 0. The number of carbonyl (C=O) groups excluding carboxylic acids is 1. The second-order valence-electron chi connectivity index (χ2n) is 5.37. The molecule has 0 spiro atoms. The van der Waals surface area contributed by atoms with E-state index in [1.165, 1.54) is 29.6 Å². The summed E-state index contributed by atoms with van der Waals surface area (Å²) in [6, 6.07) is 9.38. The Morgan fingerprint density at radius 2 is 2.14 bits per heavy atom. The molecule has 1 aliphatic rings. The van der Waals surface area contributed by atoms with Crippen LogP contribution < -0.4 is 10.9 Å². The molecule has 22 heavy (non-hydrogen) atoms. The molecule has 0 saturated heterocycles. The number of nitrogens with one attached hydrogen (secondary N) is 1. The Kier molecular flexibility index (Phi) is 4.29. The van der Waals surface area contributed by atoms with Crippen LogP contribution >= 0.6 is 11.8 Å². The summed E-state index contributed by atoms with van der Waals surface area (Å²) in [5, 5.41) is 3.61. The molecule has 1 aromatic heterocycles. The number of hydrogen-bond donors (Lipinski definition) is 1. The summed E-state index contributed by atoms with van der Waals surface area (Å²) in [4.78, 5) is 28.2. The van der Waals surface area contributed by atoms with Crippen LogP contribution in [0.2, 0.25) is 0 Å². The van der Waals surface area contributed by atoms with E-state index in [-0.39, 0.29) is 17.5 Å². The van der Waals surface area contributed by atoms with Crippen molar-refractivity contribution in [2.24, 2.45) is 0 Å². The number of amides is 1. The Morgan fingerprint density at radius 1 is 1.36 bits per heavy atom. The molecule has 0 saturated carbocycles. The van der Waals surface area contributed by atoms with Gasteiger partial charge in [0, 0.05) is 31.0 Å². The number of carbonyl (C=O) groups is 1. The lowest BCUT2D eigenvalue weighted by molar-refractivity contribution is -0.121. The molecule has 114 valence electrons. The van der Waals surface area contributed by atoms with Gasteiger partial charge in [-0.2, -0.15) is 0 Å².